The van der Waals surface area contributed by atoms with E-state index in [0.29, 0.717) is 42.3 Å². The molecule has 7 nitrogen and oxygen atoms in total. The number of sulfonamides is 1. The van der Waals surface area contributed by atoms with Gasteiger partial charge in [-0.3, -0.25) is 0 Å². The quantitative estimate of drug-likeness (QED) is 0.665. The molecule has 0 radical (unpaired) electrons. The molecule has 3 rings (SSSR count). The van der Waals surface area contributed by atoms with Crippen LogP contribution in [0, 0.1) is 6.92 Å². The maximum Gasteiger partial charge on any atom is 0.405 e. The van der Waals surface area contributed by atoms with Crippen molar-refractivity contribution in [3.8, 4) is 5.75 Å². The van der Waals surface area contributed by atoms with Crippen molar-refractivity contribution in [3.05, 3.63) is 64.7 Å². The van der Waals surface area contributed by atoms with Crippen LogP contribution in [-0.4, -0.2) is 48.9 Å². The van der Waals surface area contributed by atoms with Crippen molar-refractivity contribution in [2.45, 2.75) is 31.9 Å². The number of halogens is 1. The Morgan fingerprint density at radius 2 is 1.90 bits per heavy atom. The van der Waals surface area contributed by atoms with E-state index in [-0.39, 0.29) is 11.9 Å². The maximum absolute atomic E-state index is 12.9. The van der Waals surface area contributed by atoms with Gasteiger partial charge in [-0.2, -0.15) is 0 Å². The second kappa shape index (κ2) is 9.68. The fourth-order valence-corrected chi connectivity index (χ4v) is 5.44. The van der Waals surface area contributed by atoms with E-state index in [1.807, 2.05) is 25.1 Å². The van der Waals surface area contributed by atoms with Gasteiger partial charge in [0.2, 0.25) is 10.0 Å². The summed E-state index contributed by atoms with van der Waals surface area (Å²) in [6.07, 6.45) is -0.322. The summed E-state index contributed by atoms with van der Waals surface area (Å²) < 4.78 is 33.2. The highest BCUT2D eigenvalue weighted by molar-refractivity contribution is 7.89. The number of aryl methyl sites for hydroxylation is 1. The third-order valence-corrected chi connectivity index (χ3v) is 7.25. The first-order chi connectivity index (χ1) is 14.2. The Morgan fingerprint density at radius 3 is 2.50 bits per heavy atom. The Hall–Kier alpha value is -2.29. The first kappa shape index (κ1) is 22.4. The molecular formula is C21H25ClN2O5S. The molecule has 1 aliphatic rings. The Bertz CT molecular complexity index is 976. The number of ether oxygens (including phenoxy) is 1. The molecular weight excluding hydrogens is 428 g/mol. The zero-order valence-electron chi connectivity index (χ0n) is 16.6. The molecule has 0 aliphatic carbocycles. The molecule has 0 saturated carbocycles. The van der Waals surface area contributed by atoms with Crippen LogP contribution in [0.3, 0.4) is 0 Å². The minimum atomic E-state index is -3.66. The van der Waals surface area contributed by atoms with Gasteiger partial charge in [-0.15, -0.1) is 0 Å². The Labute approximate surface area is 181 Å². The minimum Gasteiger partial charge on any atom is -0.489 e. The van der Waals surface area contributed by atoms with Crippen LogP contribution < -0.4 is 10.1 Å². The lowest BCUT2D eigenvalue weighted by Gasteiger charge is -2.32. The van der Waals surface area contributed by atoms with Crippen molar-refractivity contribution in [3.63, 3.8) is 0 Å². The smallest absolute Gasteiger partial charge is 0.405 e. The van der Waals surface area contributed by atoms with Crippen LogP contribution in [0.5, 0.6) is 5.75 Å². The van der Waals surface area contributed by atoms with Crippen LogP contribution in [-0.2, 0) is 10.0 Å². The first-order valence-corrected chi connectivity index (χ1v) is 11.7. The highest BCUT2D eigenvalue weighted by Crippen LogP contribution is 2.29. The zero-order chi connectivity index (χ0) is 21.7. The number of carbonyl (C=O) groups is 1. The molecule has 30 heavy (non-hydrogen) atoms. The molecule has 0 spiro atoms. The van der Waals surface area contributed by atoms with E-state index in [9.17, 15) is 13.2 Å². The molecule has 2 N–H and O–H groups in total. The third kappa shape index (κ3) is 5.87. The highest BCUT2D eigenvalue weighted by atomic mass is 35.5. The lowest BCUT2D eigenvalue weighted by atomic mass is 10.1. The lowest BCUT2D eigenvalue weighted by Crippen LogP contribution is -2.45. The molecule has 0 bridgehead atoms. The van der Waals surface area contributed by atoms with Gasteiger partial charge in [0.05, 0.1) is 16.8 Å². The van der Waals surface area contributed by atoms with E-state index < -0.39 is 22.2 Å². The van der Waals surface area contributed by atoms with E-state index in [2.05, 4.69) is 5.32 Å². The number of benzene rings is 2. The summed E-state index contributed by atoms with van der Waals surface area (Å²) in [5.41, 5.74) is 1.65. The van der Waals surface area contributed by atoms with Crippen molar-refractivity contribution < 1.29 is 23.1 Å². The number of hydrogen-bond donors (Lipinski definition) is 2. The molecule has 0 aromatic heterocycles. The van der Waals surface area contributed by atoms with Crippen molar-refractivity contribution in [1.82, 2.24) is 9.62 Å². The number of hydrogen-bond acceptors (Lipinski definition) is 4. The number of amides is 1. The van der Waals surface area contributed by atoms with Gasteiger partial charge in [-0.1, -0.05) is 48.0 Å². The topological polar surface area (TPSA) is 95.9 Å². The van der Waals surface area contributed by atoms with Crippen molar-refractivity contribution >= 4 is 27.7 Å². The SMILES string of the molecule is Cc1ccc(OC2CCN(S(=O)(=O)C[C@H](NC(=O)O)c3ccccc3)CC2)c(Cl)c1. The van der Waals surface area contributed by atoms with Crippen LogP contribution in [0.15, 0.2) is 48.5 Å². The highest BCUT2D eigenvalue weighted by Gasteiger charge is 2.32. The van der Waals surface area contributed by atoms with Gasteiger partial charge in [-0.05, 0) is 43.0 Å². The van der Waals surface area contributed by atoms with Crippen LogP contribution in [0.4, 0.5) is 4.79 Å². The van der Waals surface area contributed by atoms with E-state index in [4.69, 9.17) is 21.4 Å². The van der Waals surface area contributed by atoms with E-state index in [1.54, 1.807) is 30.3 Å². The Morgan fingerprint density at radius 1 is 1.23 bits per heavy atom. The molecule has 1 fully saturated rings. The number of carboxylic acid groups (broad SMARTS) is 1. The number of nitrogens with one attached hydrogen (secondary N) is 1. The summed E-state index contributed by atoms with van der Waals surface area (Å²) in [4.78, 5) is 11.2. The summed E-state index contributed by atoms with van der Waals surface area (Å²) in [5, 5.41) is 12.0. The van der Waals surface area contributed by atoms with Crippen LogP contribution in [0.2, 0.25) is 5.02 Å². The molecule has 9 heteroatoms. The van der Waals surface area contributed by atoms with Gasteiger partial charge >= 0.3 is 6.09 Å². The van der Waals surface area contributed by atoms with Crippen LogP contribution >= 0.6 is 11.6 Å². The second-order valence-corrected chi connectivity index (χ2v) is 9.76. The Balaban J connectivity index is 1.62. The van der Waals surface area contributed by atoms with Gasteiger partial charge in [-0.25, -0.2) is 17.5 Å². The predicted octanol–water partition coefficient (Wildman–Crippen LogP) is 3.83. The Kier molecular flexibility index (Phi) is 7.23. The number of nitrogens with zero attached hydrogens (tertiary/aromatic N) is 1. The van der Waals surface area contributed by atoms with Crippen molar-refractivity contribution in [1.29, 1.82) is 0 Å². The fraction of sp³-hybridized carbons (Fsp3) is 0.381. The minimum absolute atomic E-state index is 0.126. The average Bonchev–Trinajstić information content (AvgIpc) is 2.70. The monoisotopic (exact) mass is 452 g/mol. The van der Waals surface area contributed by atoms with Gasteiger partial charge in [0, 0.05) is 13.1 Å². The molecule has 2 aromatic rings. The molecule has 1 saturated heterocycles. The largest absolute Gasteiger partial charge is 0.489 e. The summed E-state index contributed by atoms with van der Waals surface area (Å²) in [5.74, 6) is 0.261. The van der Waals surface area contributed by atoms with Gasteiger partial charge < -0.3 is 15.2 Å². The molecule has 1 heterocycles. The predicted molar refractivity (Wildman–Crippen MR) is 116 cm³/mol. The van der Waals surface area contributed by atoms with Gasteiger partial charge in [0.15, 0.2) is 0 Å². The first-order valence-electron chi connectivity index (χ1n) is 9.69. The zero-order valence-corrected chi connectivity index (χ0v) is 18.2. The molecule has 1 aliphatic heterocycles. The fourth-order valence-electron chi connectivity index (χ4n) is 3.48. The molecule has 0 unspecified atom stereocenters. The molecule has 1 atom stereocenters. The van der Waals surface area contributed by atoms with E-state index in [1.165, 1.54) is 4.31 Å². The maximum atomic E-state index is 12.9. The van der Waals surface area contributed by atoms with Crippen molar-refractivity contribution in [2.75, 3.05) is 18.8 Å². The van der Waals surface area contributed by atoms with E-state index >= 15 is 0 Å². The third-order valence-electron chi connectivity index (χ3n) is 5.05. The van der Waals surface area contributed by atoms with Crippen LogP contribution in [0.1, 0.15) is 30.0 Å². The van der Waals surface area contributed by atoms with Crippen molar-refractivity contribution in [2.24, 2.45) is 0 Å². The normalized spacial score (nSPS) is 16.7. The summed E-state index contributed by atoms with van der Waals surface area (Å²) >= 11 is 6.22. The number of piperidine rings is 1. The molecule has 2 aromatic carbocycles. The summed E-state index contributed by atoms with van der Waals surface area (Å²) in [6, 6.07) is 13.4. The summed E-state index contributed by atoms with van der Waals surface area (Å²) in [7, 11) is -3.66. The summed E-state index contributed by atoms with van der Waals surface area (Å²) in [6.45, 7) is 2.57. The standard InChI is InChI=1S/C21H25ClN2O5S/c1-15-7-8-20(18(22)13-15)29-17-9-11-24(12-10-17)30(27,28)14-19(23-21(25)26)16-5-3-2-4-6-16/h2-8,13,17,19,23H,9-12,14H2,1H3,(H,25,26)/t19-/m0/s1. The van der Waals surface area contributed by atoms with Crippen LogP contribution in [0.25, 0.3) is 0 Å². The molecule has 1 amide bonds. The van der Waals surface area contributed by atoms with Gasteiger partial charge in [0.1, 0.15) is 11.9 Å². The van der Waals surface area contributed by atoms with Gasteiger partial charge in [0.25, 0.3) is 0 Å². The lowest BCUT2D eigenvalue weighted by molar-refractivity contribution is 0.135. The van der Waals surface area contributed by atoms with E-state index in [0.717, 1.165) is 5.56 Å². The molecule has 162 valence electrons. The average molecular weight is 453 g/mol. The second-order valence-electron chi connectivity index (χ2n) is 7.34. The number of rotatable bonds is 7.